The lowest BCUT2D eigenvalue weighted by Gasteiger charge is -2.10. The van der Waals surface area contributed by atoms with Gasteiger partial charge in [0.15, 0.2) is 0 Å². The van der Waals surface area contributed by atoms with E-state index in [9.17, 15) is 0 Å². The first-order valence-corrected chi connectivity index (χ1v) is 5.34. The molecule has 82 valence electrons. The number of unbranched alkanes of at least 4 members (excludes halogenated alkanes) is 1. The average Bonchev–Trinajstić information content (AvgIpc) is 2.25. The Kier molecular flexibility index (Phi) is 5.05. The van der Waals surface area contributed by atoms with E-state index in [0.717, 1.165) is 30.8 Å². The second kappa shape index (κ2) is 6.36. The Morgan fingerprint density at radius 3 is 3.00 bits per heavy atom. The minimum absolute atomic E-state index is 0.710. The Balaban J connectivity index is 2.57. The van der Waals surface area contributed by atoms with Crippen LogP contribution in [0.3, 0.4) is 0 Å². The number of ether oxygens (including phenoxy) is 1. The summed E-state index contributed by atoms with van der Waals surface area (Å²) in [7, 11) is 1.65. The smallest absolute Gasteiger partial charge is 0.142 e. The molecule has 0 bridgehead atoms. The molecule has 0 atom stereocenters. The number of methoxy groups -OCH3 is 1. The van der Waals surface area contributed by atoms with Crippen molar-refractivity contribution in [3.05, 3.63) is 35.9 Å². The van der Waals surface area contributed by atoms with Crippen molar-refractivity contribution in [3.8, 4) is 5.75 Å². The van der Waals surface area contributed by atoms with Crippen molar-refractivity contribution in [2.24, 2.45) is 0 Å². The van der Waals surface area contributed by atoms with Crippen molar-refractivity contribution in [2.75, 3.05) is 19.0 Å². The summed E-state index contributed by atoms with van der Waals surface area (Å²) in [5.74, 6) is 0.818. The fourth-order valence-corrected chi connectivity index (χ4v) is 1.46. The lowest BCUT2D eigenvalue weighted by atomic mass is 10.2. The molecule has 0 aliphatic rings. The van der Waals surface area contributed by atoms with E-state index in [1.807, 2.05) is 24.3 Å². The number of benzene rings is 1. The summed E-state index contributed by atoms with van der Waals surface area (Å²) in [5, 5.41) is 3.99. The molecule has 1 rings (SSSR count). The Morgan fingerprint density at radius 2 is 2.33 bits per heavy atom. The third-order valence-electron chi connectivity index (χ3n) is 2.06. The van der Waals surface area contributed by atoms with Gasteiger partial charge in [-0.3, -0.25) is 0 Å². The van der Waals surface area contributed by atoms with Crippen LogP contribution in [-0.4, -0.2) is 13.7 Å². The van der Waals surface area contributed by atoms with Gasteiger partial charge < -0.3 is 10.1 Å². The molecule has 1 aromatic rings. The molecule has 0 saturated carbocycles. The monoisotopic (exact) mass is 225 g/mol. The number of anilines is 1. The zero-order valence-corrected chi connectivity index (χ0v) is 9.68. The molecular weight excluding hydrogens is 210 g/mol. The van der Waals surface area contributed by atoms with Crippen molar-refractivity contribution >= 4 is 17.3 Å². The van der Waals surface area contributed by atoms with Gasteiger partial charge >= 0.3 is 0 Å². The Bertz CT molecular complexity index is 325. The minimum Gasteiger partial charge on any atom is -0.495 e. The third kappa shape index (κ3) is 3.84. The molecule has 0 aliphatic carbocycles. The highest BCUT2D eigenvalue weighted by atomic mass is 35.5. The van der Waals surface area contributed by atoms with E-state index in [4.69, 9.17) is 16.3 Å². The Hall–Kier alpha value is -1.15. The van der Waals surface area contributed by atoms with E-state index in [1.165, 1.54) is 0 Å². The maximum absolute atomic E-state index is 5.90. The molecule has 0 amide bonds. The van der Waals surface area contributed by atoms with Gasteiger partial charge in [0.1, 0.15) is 5.75 Å². The van der Waals surface area contributed by atoms with Gasteiger partial charge in [0.05, 0.1) is 12.8 Å². The van der Waals surface area contributed by atoms with Crippen LogP contribution in [0.1, 0.15) is 12.8 Å². The number of hydrogen-bond acceptors (Lipinski definition) is 2. The number of hydrogen-bond donors (Lipinski definition) is 1. The van der Waals surface area contributed by atoms with Gasteiger partial charge in [0, 0.05) is 11.6 Å². The van der Waals surface area contributed by atoms with Crippen LogP contribution < -0.4 is 10.1 Å². The van der Waals surface area contributed by atoms with Crippen LogP contribution in [0.15, 0.2) is 30.9 Å². The van der Waals surface area contributed by atoms with E-state index in [-0.39, 0.29) is 0 Å². The lowest BCUT2D eigenvalue weighted by molar-refractivity contribution is 0.416. The normalized spacial score (nSPS) is 9.73. The molecule has 0 heterocycles. The zero-order chi connectivity index (χ0) is 11.1. The van der Waals surface area contributed by atoms with Gasteiger partial charge in [0.25, 0.3) is 0 Å². The summed E-state index contributed by atoms with van der Waals surface area (Å²) in [4.78, 5) is 0. The van der Waals surface area contributed by atoms with Gasteiger partial charge in [-0.15, -0.1) is 6.58 Å². The molecular formula is C12H16ClNO. The molecule has 15 heavy (non-hydrogen) atoms. The maximum Gasteiger partial charge on any atom is 0.142 e. The van der Waals surface area contributed by atoms with Crippen LogP contribution >= 0.6 is 11.6 Å². The number of allylic oxidation sites excluding steroid dienone is 1. The van der Waals surface area contributed by atoms with Crippen molar-refractivity contribution < 1.29 is 4.74 Å². The maximum atomic E-state index is 5.90. The number of halogens is 1. The summed E-state index contributed by atoms with van der Waals surface area (Å²) < 4.78 is 5.22. The first-order valence-electron chi connectivity index (χ1n) is 4.96. The van der Waals surface area contributed by atoms with E-state index < -0.39 is 0 Å². The first-order chi connectivity index (χ1) is 7.27. The highest BCUT2D eigenvalue weighted by Gasteiger charge is 2.02. The summed E-state index contributed by atoms with van der Waals surface area (Å²) in [6, 6.07) is 5.54. The van der Waals surface area contributed by atoms with Gasteiger partial charge in [-0.25, -0.2) is 0 Å². The second-order valence-corrected chi connectivity index (χ2v) is 3.64. The van der Waals surface area contributed by atoms with Crippen molar-refractivity contribution in [2.45, 2.75) is 12.8 Å². The Morgan fingerprint density at radius 1 is 1.53 bits per heavy atom. The zero-order valence-electron chi connectivity index (χ0n) is 8.92. The van der Waals surface area contributed by atoms with Crippen LogP contribution in [0.25, 0.3) is 0 Å². The molecule has 1 N–H and O–H groups in total. The van der Waals surface area contributed by atoms with Crippen LogP contribution in [0.2, 0.25) is 5.02 Å². The summed E-state index contributed by atoms with van der Waals surface area (Å²) in [6.45, 7) is 4.57. The van der Waals surface area contributed by atoms with Gasteiger partial charge in [-0.1, -0.05) is 17.7 Å². The van der Waals surface area contributed by atoms with Crippen molar-refractivity contribution in [3.63, 3.8) is 0 Å². The van der Waals surface area contributed by atoms with Gasteiger partial charge in [-0.05, 0) is 31.0 Å². The minimum atomic E-state index is 0.710. The van der Waals surface area contributed by atoms with Crippen molar-refractivity contribution in [1.82, 2.24) is 0 Å². The Labute approximate surface area is 95.9 Å². The fraction of sp³-hybridized carbons (Fsp3) is 0.333. The molecule has 0 fully saturated rings. The third-order valence-corrected chi connectivity index (χ3v) is 2.30. The van der Waals surface area contributed by atoms with E-state index >= 15 is 0 Å². The number of rotatable bonds is 6. The van der Waals surface area contributed by atoms with Crippen molar-refractivity contribution in [1.29, 1.82) is 0 Å². The highest BCUT2D eigenvalue weighted by Crippen LogP contribution is 2.27. The molecule has 0 spiro atoms. The SMILES string of the molecule is C=CCCCNc1cc(Cl)ccc1OC. The molecule has 0 aliphatic heterocycles. The van der Waals surface area contributed by atoms with E-state index in [1.54, 1.807) is 7.11 Å². The van der Waals surface area contributed by atoms with Gasteiger partial charge in [0.2, 0.25) is 0 Å². The first kappa shape index (κ1) is 11.9. The largest absolute Gasteiger partial charge is 0.495 e. The fourth-order valence-electron chi connectivity index (χ4n) is 1.29. The predicted molar refractivity (Wildman–Crippen MR) is 65.9 cm³/mol. The molecule has 0 unspecified atom stereocenters. The number of nitrogens with one attached hydrogen (secondary N) is 1. The molecule has 0 aromatic heterocycles. The summed E-state index contributed by atoms with van der Waals surface area (Å²) in [6.07, 6.45) is 3.98. The van der Waals surface area contributed by atoms with Crippen LogP contribution in [0.5, 0.6) is 5.75 Å². The average molecular weight is 226 g/mol. The molecule has 2 nitrogen and oxygen atoms in total. The molecule has 3 heteroatoms. The van der Waals surface area contributed by atoms with E-state index in [0.29, 0.717) is 5.02 Å². The quantitative estimate of drug-likeness (QED) is 0.589. The standard InChI is InChI=1S/C12H16ClNO/c1-3-4-5-8-14-11-9-10(13)6-7-12(11)15-2/h3,6-7,9,14H,1,4-5,8H2,2H3. The summed E-state index contributed by atoms with van der Waals surface area (Å²) in [5.41, 5.74) is 0.939. The van der Waals surface area contributed by atoms with Crippen LogP contribution in [0.4, 0.5) is 5.69 Å². The summed E-state index contributed by atoms with van der Waals surface area (Å²) >= 11 is 5.90. The molecule has 1 aromatic carbocycles. The lowest BCUT2D eigenvalue weighted by Crippen LogP contribution is -2.02. The van der Waals surface area contributed by atoms with E-state index in [2.05, 4.69) is 11.9 Å². The highest BCUT2D eigenvalue weighted by molar-refractivity contribution is 6.30. The van der Waals surface area contributed by atoms with Crippen LogP contribution in [0, 0.1) is 0 Å². The second-order valence-electron chi connectivity index (χ2n) is 3.20. The molecule has 0 radical (unpaired) electrons. The van der Waals surface area contributed by atoms with Crippen LogP contribution in [-0.2, 0) is 0 Å². The topological polar surface area (TPSA) is 21.3 Å². The predicted octanol–water partition coefficient (Wildman–Crippen LogP) is 3.73. The van der Waals surface area contributed by atoms with Gasteiger partial charge in [-0.2, -0.15) is 0 Å². The molecule has 0 saturated heterocycles.